The van der Waals surface area contributed by atoms with Gasteiger partial charge in [0.2, 0.25) is 0 Å². The zero-order valence-corrected chi connectivity index (χ0v) is 12.6. The molecule has 0 unspecified atom stereocenters. The third-order valence-electron chi connectivity index (χ3n) is 6.63. The molecule has 5 atom stereocenters. The molecule has 0 amide bonds. The summed E-state index contributed by atoms with van der Waals surface area (Å²) >= 11 is 0. The summed E-state index contributed by atoms with van der Waals surface area (Å²) in [6, 6.07) is 0. The predicted molar refractivity (Wildman–Crippen MR) is 77.5 cm³/mol. The van der Waals surface area contributed by atoms with Gasteiger partial charge in [0.05, 0.1) is 0 Å². The maximum Gasteiger partial charge on any atom is 0.159 e. The van der Waals surface area contributed by atoms with Crippen molar-refractivity contribution in [3.63, 3.8) is 0 Å². The van der Waals surface area contributed by atoms with Gasteiger partial charge in [0, 0.05) is 31.1 Å². The van der Waals surface area contributed by atoms with Crippen LogP contribution in [0.15, 0.2) is 11.6 Å². The first-order valence-electron chi connectivity index (χ1n) is 8.28. The Hall–Kier alpha value is -1.25. The van der Waals surface area contributed by atoms with Crippen LogP contribution in [0.2, 0.25) is 0 Å². The Morgan fingerprint density at radius 2 is 1.95 bits per heavy atom. The number of carbonyl (C=O) groups is 3. The lowest BCUT2D eigenvalue weighted by atomic mass is 9.52. The minimum atomic E-state index is -0.123. The molecule has 21 heavy (non-hydrogen) atoms. The number of rotatable bonds is 0. The van der Waals surface area contributed by atoms with E-state index in [0.717, 1.165) is 31.3 Å². The van der Waals surface area contributed by atoms with Crippen molar-refractivity contribution in [2.24, 2.45) is 29.1 Å². The van der Waals surface area contributed by atoms with Crippen molar-refractivity contribution >= 4 is 17.3 Å². The quantitative estimate of drug-likeness (QED) is 0.688. The number of hydrogen-bond acceptors (Lipinski definition) is 3. The molecule has 3 saturated carbocycles. The Morgan fingerprint density at radius 1 is 1.14 bits per heavy atom. The fourth-order valence-electron chi connectivity index (χ4n) is 5.70. The largest absolute Gasteiger partial charge is 0.299 e. The highest BCUT2D eigenvalue weighted by Gasteiger charge is 2.58. The fourth-order valence-corrected chi connectivity index (χ4v) is 5.70. The van der Waals surface area contributed by atoms with Crippen LogP contribution >= 0.6 is 0 Å². The van der Waals surface area contributed by atoms with E-state index >= 15 is 0 Å². The van der Waals surface area contributed by atoms with Gasteiger partial charge in [-0.05, 0) is 42.6 Å². The summed E-state index contributed by atoms with van der Waals surface area (Å²) in [7, 11) is 0. The van der Waals surface area contributed by atoms with Crippen molar-refractivity contribution in [2.45, 2.75) is 51.9 Å². The summed E-state index contributed by atoms with van der Waals surface area (Å²) in [6.07, 6.45) is 7.44. The molecule has 4 aliphatic carbocycles. The summed E-state index contributed by atoms with van der Waals surface area (Å²) < 4.78 is 0. The van der Waals surface area contributed by atoms with Gasteiger partial charge in [-0.2, -0.15) is 0 Å². The molecule has 0 aromatic carbocycles. The van der Waals surface area contributed by atoms with Crippen LogP contribution in [0.5, 0.6) is 0 Å². The first kappa shape index (κ1) is 13.4. The standard InChI is InChI=1S/C18H22O3/c1-18-6-2-3-13(18)17-14(20)8-10-7-11(19)4-5-12(10)16(17)15(21)9-18/h8,12-13,16-17H,2-7,9H2,1H3/t12-,13-,16-,17+,18-/m0/s1. The molecule has 0 aliphatic heterocycles. The van der Waals surface area contributed by atoms with E-state index < -0.39 is 0 Å². The molecule has 4 aliphatic rings. The second-order valence-electron chi connectivity index (χ2n) is 7.83. The lowest BCUT2D eigenvalue weighted by molar-refractivity contribution is -0.146. The average molecular weight is 286 g/mol. The van der Waals surface area contributed by atoms with Gasteiger partial charge in [-0.1, -0.05) is 18.9 Å². The lowest BCUT2D eigenvalue weighted by Crippen LogP contribution is -2.52. The molecule has 0 bridgehead atoms. The average Bonchev–Trinajstić information content (AvgIpc) is 2.79. The van der Waals surface area contributed by atoms with E-state index in [0.29, 0.717) is 31.0 Å². The lowest BCUT2D eigenvalue weighted by Gasteiger charge is -2.49. The first-order chi connectivity index (χ1) is 9.99. The number of hydrogen-bond donors (Lipinski definition) is 0. The van der Waals surface area contributed by atoms with E-state index in [2.05, 4.69) is 6.92 Å². The first-order valence-corrected chi connectivity index (χ1v) is 8.28. The van der Waals surface area contributed by atoms with Crippen molar-refractivity contribution in [1.29, 1.82) is 0 Å². The van der Waals surface area contributed by atoms with Gasteiger partial charge >= 0.3 is 0 Å². The number of ketones is 3. The van der Waals surface area contributed by atoms with Gasteiger partial charge in [-0.15, -0.1) is 0 Å². The van der Waals surface area contributed by atoms with Crippen molar-refractivity contribution in [2.75, 3.05) is 0 Å². The SMILES string of the molecule is C[C@@]12CCC[C@H]1[C@@H]1C(=O)C=C3CC(=O)CC[C@@H]3[C@H]1C(=O)C2. The molecular formula is C18H22O3. The molecule has 3 fully saturated rings. The maximum absolute atomic E-state index is 12.8. The van der Waals surface area contributed by atoms with E-state index in [9.17, 15) is 14.4 Å². The second-order valence-corrected chi connectivity index (χ2v) is 7.83. The number of fused-ring (bicyclic) bond motifs is 5. The molecule has 3 nitrogen and oxygen atoms in total. The van der Waals surface area contributed by atoms with Crippen LogP contribution in [-0.2, 0) is 14.4 Å². The van der Waals surface area contributed by atoms with E-state index in [1.54, 1.807) is 6.08 Å². The van der Waals surface area contributed by atoms with Crippen LogP contribution < -0.4 is 0 Å². The van der Waals surface area contributed by atoms with Crippen molar-refractivity contribution in [3.05, 3.63) is 11.6 Å². The van der Waals surface area contributed by atoms with Gasteiger partial charge < -0.3 is 0 Å². The number of Topliss-reactive ketones (excluding diaryl/α,β-unsaturated/α-hetero) is 2. The summed E-state index contributed by atoms with van der Waals surface area (Å²) in [5.74, 6) is 0.970. The van der Waals surface area contributed by atoms with Crippen LogP contribution in [0, 0.1) is 29.1 Å². The maximum atomic E-state index is 12.8. The molecule has 4 rings (SSSR count). The number of allylic oxidation sites excluding steroid dienone is 2. The Kier molecular flexibility index (Phi) is 2.79. The minimum Gasteiger partial charge on any atom is -0.299 e. The Morgan fingerprint density at radius 3 is 2.76 bits per heavy atom. The molecule has 0 heterocycles. The summed E-state index contributed by atoms with van der Waals surface area (Å²) in [4.78, 5) is 37.1. The van der Waals surface area contributed by atoms with Gasteiger partial charge in [0.15, 0.2) is 5.78 Å². The van der Waals surface area contributed by atoms with Crippen molar-refractivity contribution in [1.82, 2.24) is 0 Å². The second kappa shape index (κ2) is 4.37. The Bertz CT molecular complexity index is 573. The Labute approximate surface area is 125 Å². The highest BCUT2D eigenvalue weighted by Crippen LogP contribution is 2.59. The number of carbonyl (C=O) groups excluding carboxylic acids is 3. The monoisotopic (exact) mass is 286 g/mol. The normalized spacial score (nSPS) is 45.8. The predicted octanol–water partition coefficient (Wildman–Crippen LogP) is 2.88. The topological polar surface area (TPSA) is 51.2 Å². The molecule has 0 saturated heterocycles. The van der Waals surface area contributed by atoms with Gasteiger partial charge in [0.1, 0.15) is 11.6 Å². The third kappa shape index (κ3) is 1.82. The smallest absolute Gasteiger partial charge is 0.159 e. The molecule has 0 N–H and O–H groups in total. The van der Waals surface area contributed by atoms with Crippen LogP contribution in [0.3, 0.4) is 0 Å². The Balaban J connectivity index is 1.77. The molecule has 0 radical (unpaired) electrons. The summed E-state index contributed by atoms with van der Waals surface area (Å²) in [6.45, 7) is 2.20. The van der Waals surface area contributed by atoms with Crippen molar-refractivity contribution in [3.8, 4) is 0 Å². The van der Waals surface area contributed by atoms with Crippen molar-refractivity contribution < 1.29 is 14.4 Å². The zero-order chi connectivity index (χ0) is 14.8. The summed E-state index contributed by atoms with van der Waals surface area (Å²) in [5, 5.41) is 0. The van der Waals surface area contributed by atoms with Crippen LogP contribution in [0.1, 0.15) is 51.9 Å². The van der Waals surface area contributed by atoms with E-state index in [4.69, 9.17) is 0 Å². The highest BCUT2D eigenvalue weighted by atomic mass is 16.1. The fraction of sp³-hybridized carbons (Fsp3) is 0.722. The van der Waals surface area contributed by atoms with Gasteiger partial charge in [0.25, 0.3) is 0 Å². The van der Waals surface area contributed by atoms with Crippen LogP contribution in [-0.4, -0.2) is 17.3 Å². The molecule has 0 aromatic rings. The molecular weight excluding hydrogens is 264 g/mol. The van der Waals surface area contributed by atoms with E-state index in [1.165, 1.54) is 0 Å². The highest BCUT2D eigenvalue weighted by molar-refractivity contribution is 6.01. The zero-order valence-electron chi connectivity index (χ0n) is 12.6. The molecule has 0 aromatic heterocycles. The van der Waals surface area contributed by atoms with Crippen LogP contribution in [0.4, 0.5) is 0 Å². The van der Waals surface area contributed by atoms with Crippen LogP contribution in [0.25, 0.3) is 0 Å². The van der Waals surface area contributed by atoms with Gasteiger partial charge in [-0.3, -0.25) is 14.4 Å². The van der Waals surface area contributed by atoms with E-state index in [-0.39, 0.29) is 34.7 Å². The molecule has 3 heteroatoms. The minimum absolute atomic E-state index is 0.0454. The van der Waals surface area contributed by atoms with E-state index in [1.807, 2.05) is 0 Å². The third-order valence-corrected chi connectivity index (χ3v) is 6.63. The summed E-state index contributed by atoms with van der Waals surface area (Å²) in [5.41, 5.74) is 0.997. The molecule has 112 valence electrons. The van der Waals surface area contributed by atoms with Gasteiger partial charge in [-0.25, -0.2) is 0 Å². The molecule has 0 spiro atoms.